The average Bonchev–Trinajstić information content (AvgIpc) is 2.48. The Morgan fingerprint density at radius 3 is 3.33 bits per heavy atom. The molecule has 2 aliphatic rings. The van der Waals surface area contributed by atoms with E-state index in [-0.39, 0.29) is 0 Å². The van der Waals surface area contributed by atoms with Crippen molar-refractivity contribution in [1.29, 1.82) is 0 Å². The molecule has 0 saturated carbocycles. The number of anilines is 2. The Morgan fingerprint density at radius 2 is 2.33 bits per heavy atom. The number of hydrogen-bond acceptors (Lipinski definition) is 4. The molecule has 1 aromatic rings. The van der Waals surface area contributed by atoms with Gasteiger partial charge in [-0.1, -0.05) is 0 Å². The van der Waals surface area contributed by atoms with E-state index in [4.69, 9.17) is 0 Å². The van der Waals surface area contributed by atoms with Crippen molar-refractivity contribution in [2.45, 2.75) is 31.7 Å². The van der Waals surface area contributed by atoms with Crippen LogP contribution in [0.15, 0.2) is 12.3 Å². The van der Waals surface area contributed by atoms with Gasteiger partial charge in [0.1, 0.15) is 0 Å². The van der Waals surface area contributed by atoms with Crippen molar-refractivity contribution in [2.75, 3.05) is 23.3 Å². The summed E-state index contributed by atoms with van der Waals surface area (Å²) in [7, 11) is 0. The van der Waals surface area contributed by atoms with Gasteiger partial charge in [0.05, 0.1) is 11.9 Å². The van der Waals surface area contributed by atoms with Crippen LogP contribution in [0.5, 0.6) is 0 Å². The Labute approximate surface area is 89.7 Å². The Hall–Kier alpha value is -1.32. The summed E-state index contributed by atoms with van der Waals surface area (Å²) in [4.78, 5) is 2.44. The van der Waals surface area contributed by atoms with Gasteiger partial charge in [-0.05, 0) is 31.7 Å². The fraction of sp³-hybridized carbons (Fsp3) is 0.636. The van der Waals surface area contributed by atoms with Crippen molar-refractivity contribution in [3.05, 3.63) is 12.3 Å². The zero-order chi connectivity index (χ0) is 10.1. The maximum Gasteiger partial charge on any atom is 0.174 e. The van der Waals surface area contributed by atoms with Gasteiger partial charge >= 0.3 is 0 Å². The van der Waals surface area contributed by atoms with Crippen molar-refractivity contribution in [3.63, 3.8) is 0 Å². The van der Waals surface area contributed by atoms with Gasteiger partial charge in [0, 0.05) is 19.1 Å². The monoisotopic (exact) mass is 204 g/mol. The molecule has 1 saturated heterocycles. The molecule has 0 spiro atoms. The Balaban J connectivity index is 1.99. The zero-order valence-electron chi connectivity index (χ0n) is 8.82. The highest BCUT2D eigenvalue weighted by atomic mass is 15.3. The number of nitrogens with one attached hydrogen (secondary N) is 1. The van der Waals surface area contributed by atoms with Crippen LogP contribution in [-0.4, -0.2) is 29.3 Å². The highest BCUT2D eigenvalue weighted by Crippen LogP contribution is 2.32. The second-order valence-electron chi connectivity index (χ2n) is 4.33. The van der Waals surface area contributed by atoms with E-state index in [0.717, 1.165) is 24.6 Å². The largest absolute Gasteiger partial charge is 0.382 e. The summed E-state index contributed by atoms with van der Waals surface area (Å²) in [5, 5.41) is 11.7. The molecule has 1 unspecified atom stereocenters. The summed E-state index contributed by atoms with van der Waals surface area (Å²) < 4.78 is 0. The molecule has 1 N–H and O–H groups in total. The van der Waals surface area contributed by atoms with Gasteiger partial charge in [-0.25, -0.2) is 0 Å². The van der Waals surface area contributed by atoms with Gasteiger partial charge in [-0.15, -0.1) is 5.10 Å². The fourth-order valence-electron chi connectivity index (χ4n) is 2.63. The highest BCUT2D eigenvalue weighted by molar-refractivity contribution is 5.66. The first-order valence-electron chi connectivity index (χ1n) is 5.77. The molecule has 1 aromatic heterocycles. The molecular weight excluding hydrogens is 188 g/mol. The van der Waals surface area contributed by atoms with E-state index >= 15 is 0 Å². The molecular formula is C11H16N4. The van der Waals surface area contributed by atoms with Gasteiger partial charge in [0.25, 0.3) is 0 Å². The number of fused-ring (bicyclic) bond motifs is 3. The van der Waals surface area contributed by atoms with E-state index in [1.165, 1.54) is 25.7 Å². The molecule has 15 heavy (non-hydrogen) atoms. The predicted molar refractivity (Wildman–Crippen MR) is 60.1 cm³/mol. The van der Waals surface area contributed by atoms with Crippen LogP contribution in [0, 0.1) is 0 Å². The summed E-state index contributed by atoms with van der Waals surface area (Å²) >= 11 is 0. The molecule has 0 amide bonds. The van der Waals surface area contributed by atoms with Crippen LogP contribution in [0.4, 0.5) is 11.5 Å². The lowest BCUT2D eigenvalue weighted by molar-refractivity contribution is 0.446. The van der Waals surface area contributed by atoms with Gasteiger partial charge in [0.2, 0.25) is 0 Å². The molecule has 0 bridgehead atoms. The van der Waals surface area contributed by atoms with E-state index in [9.17, 15) is 0 Å². The van der Waals surface area contributed by atoms with Crippen molar-refractivity contribution >= 4 is 11.5 Å². The second-order valence-corrected chi connectivity index (χ2v) is 4.33. The van der Waals surface area contributed by atoms with Gasteiger partial charge in [-0.2, -0.15) is 5.10 Å². The zero-order valence-corrected chi connectivity index (χ0v) is 8.82. The predicted octanol–water partition coefficient (Wildman–Crippen LogP) is 1.65. The van der Waals surface area contributed by atoms with Crippen molar-refractivity contribution in [1.82, 2.24) is 10.2 Å². The third-order valence-corrected chi connectivity index (χ3v) is 3.39. The molecule has 3 rings (SSSR count). The minimum Gasteiger partial charge on any atom is -0.382 e. The van der Waals surface area contributed by atoms with E-state index in [1.807, 2.05) is 6.07 Å². The third-order valence-electron chi connectivity index (χ3n) is 3.39. The standard InChI is InChI=1S/C11H16N4/c1-2-8-15-9(3-1)4-6-12-10-5-7-13-14-11(10)15/h5,7,9,12H,1-4,6,8H2. The van der Waals surface area contributed by atoms with Gasteiger partial charge < -0.3 is 10.2 Å². The summed E-state index contributed by atoms with van der Waals surface area (Å²) in [6.45, 7) is 2.19. The van der Waals surface area contributed by atoms with Crippen LogP contribution in [0.1, 0.15) is 25.7 Å². The van der Waals surface area contributed by atoms with E-state index < -0.39 is 0 Å². The topological polar surface area (TPSA) is 41.1 Å². The number of rotatable bonds is 0. The first kappa shape index (κ1) is 8.95. The number of aromatic nitrogens is 2. The number of hydrogen-bond donors (Lipinski definition) is 1. The maximum absolute atomic E-state index is 4.28. The Bertz CT molecular complexity index is 352. The summed E-state index contributed by atoms with van der Waals surface area (Å²) in [6.07, 6.45) is 6.92. The second kappa shape index (κ2) is 3.68. The van der Waals surface area contributed by atoms with Crippen molar-refractivity contribution in [2.24, 2.45) is 0 Å². The molecule has 3 heterocycles. The fourth-order valence-corrected chi connectivity index (χ4v) is 2.63. The third kappa shape index (κ3) is 1.54. The van der Waals surface area contributed by atoms with Crippen LogP contribution in [0.3, 0.4) is 0 Å². The lowest BCUT2D eigenvalue weighted by atomic mass is 10.00. The minimum atomic E-state index is 0.671. The van der Waals surface area contributed by atoms with Gasteiger partial charge in [-0.3, -0.25) is 0 Å². The number of nitrogens with zero attached hydrogens (tertiary/aromatic N) is 3. The maximum atomic E-state index is 4.28. The Kier molecular flexibility index (Phi) is 2.19. The normalized spacial score (nSPS) is 24.8. The smallest absolute Gasteiger partial charge is 0.174 e. The van der Waals surface area contributed by atoms with Crippen LogP contribution in [0.25, 0.3) is 0 Å². The lowest BCUT2D eigenvalue weighted by Gasteiger charge is -2.35. The molecule has 4 nitrogen and oxygen atoms in total. The molecule has 80 valence electrons. The molecule has 2 aliphatic heterocycles. The molecule has 1 atom stereocenters. The molecule has 1 fully saturated rings. The highest BCUT2D eigenvalue weighted by Gasteiger charge is 2.27. The molecule has 0 radical (unpaired) electrons. The van der Waals surface area contributed by atoms with E-state index in [0.29, 0.717) is 6.04 Å². The first-order valence-corrected chi connectivity index (χ1v) is 5.77. The van der Waals surface area contributed by atoms with Crippen LogP contribution in [-0.2, 0) is 0 Å². The summed E-state index contributed by atoms with van der Waals surface area (Å²) in [5.74, 6) is 1.06. The average molecular weight is 204 g/mol. The van der Waals surface area contributed by atoms with E-state index in [2.05, 4.69) is 20.4 Å². The Morgan fingerprint density at radius 1 is 1.33 bits per heavy atom. The van der Waals surface area contributed by atoms with E-state index in [1.54, 1.807) is 6.20 Å². The summed E-state index contributed by atoms with van der Waals surface area (Å²) in [6, 6.07) is 2.70. The van der Waals surface area contributed by atoms with Gasteiger partial charge in [0.15, 0.2) is 5.82 Å². The van der Waals surface area contributed by atoms with Crippen molar-refractivity contribution < 1.29 is 0 Å². The summed E-state index contributed by atoms with van der Waals surface area (Å²) in [5.41, 5.74) is 1.15. The molecule has 0 aliphatic carbocycles. The van der Waals surface area contributed by atoms with Crippen molar-refractivity contribution in [3.8, 4) is 0 Å². The SMILES string of the molecule is c1cc2c(nn1)N1CCCCC1CCN2. The quantitative estimate of drug-likeness (QED) is 0.697. The molecule has 0 aromatic carbocycles. The lowest BCUT2D eigenvalue weighted by Crippen LogP contribution is -2.39. The first-order chi connectivity index (χ1) is 7.45. The minimum absolute atomic E-state index is 0.671. The van der Waals surface area contributed by atoms with Crippen LogP contribution < -0.4 is 10.2 Å². The van der Waals surface area contributed by atoms with Crippen LogP contribution >= 0.6 is 0 Å². The number of piperidine rings is 1. The molecule has 4 heteroatoms. The van der Waals surface area contributed by atoms with Crippen LogP contribution in [0.2, 0.25) is 0 Å².